The molecule has 0 radical (unpaired) electrons. The van der Waals surface area contributed by atoms with Gasteiger partial charge in [-0.2, -0.15) is 0 Å². The van der Waals surface area contributed by atoms with Gasteiger partial charge in [-0.25, -0.2) is 4.79 Å². The Morgan fingerprint density at radius 3 is 2.54 bits per heavy atom. The van der Waals surface area contributed by atoms with Crippen molar-refractivity contribution in [2.75, 3.05) is 0 Å². The first-order valence-corrected chi connectivity index (χ1v) is 5.64. The maximum Gasteiger partial charge on any atom is 0.332 e. The Morgan fingerprint density at radius 2 is 2.00 bits per heavy atom. The van der Waals surface area contributed by atoms with Gasteiger partial charge >= 0.3 is 5.97 Å². The number of carbonyl (C=O) groups is 1. The molecule has 2 aliphatic rings. The molecule has 0 spiro atoms. The third kappa shape index (κ3) is 1.96. The first-order chi connectivity index (χ1) is 6.27. The molecule has 3 heteroatoms. The minimum Gasteiger partial charge on any atom is -0.453 e. The summed E-state index contributed by atoms with van der Waals surface area (Å²) in [6.07, 6.45) is 7.85. The zero-order valence-corrected chi connectivity index (χ0v) is 9.05. The molecule has 0 amide bonds. The predicted molar refractivity (Wildman–Crippen MR) is 53.5 cm³/mol. The van der Waals surface area contributed by atoms with Gasteiger partial charge in [0, 0.05) is 16.5 Å². The van der Waals surface area contributed by atoms with Crippen LogP contribution in [0.2, 0.25) is 0 Å². The van der Waals surface area contributed by atoms with E-state index < -0.39 is 0 Å². The molecule has 0 aromatic heterocycles. The summed E-state index contributed by atoms with van der Waals surface area (Å²) in [6.45, 7) is 0. The van der Waals surface area contributed by atoms with Crippen molar-refractivity contribution >= 4 is 21.9 Å². The fourth-order valence-electron chi connectivity index (χ4n) is 2.17. The van der Waals surface area contributed by atoms with Crippen LogP contribution in [-0.4, -0.2) is 12.1 Å². The van der Waals surface area contributed by atoms with Crippen LogP contribution in [0.1, 0.15) is 32.1 Å². The lowest BCUT2D eigenvalue weighted by Crippen LogP contribution is -2.24. The number of hydrogen-bond acceptors (Lipinski definition) is 2. The zero-order valence-electron chi connectivity index (χ0n) is 7.46. The monoisotopic (exact) mass is 244 g/mol. The topological polar surface area (TPSA) is 26.3 Å². The molecule has 1 aliphatic carbocycles. The maximum atomic E-state index is 11.0. The number of halogens is 1. The minimum absolute atomic E-state index is 0.0211. The number of rotatable bonds is 1. The second-order valence-electron chi connectivity index (χ2n) is 3.78. The summed E-state index contributed by atoms with van der Waals surface area (Å²) in [6, 6.07) is 0. The van der Waals surface area contributed by atoms with Crippen LogP contribution in [-0.2, 0) is 9.53 Å². The lowest BCUT2D eigenvalue weighted by atomic mass is 9.85. The molecule has 0 saturated heterocycles. The van der Waals surface area contributed by atoms with E-state index in [2.05, 4.69) is 15.9 Å². The number of hydrogen-bond donors (Lipinski definition) is 0. The van der Waals surface area contributed by atoms with E-state index in [4.69, 9.17) is 4.74 Å². The summed E-state index contributed by atoms with van der Waals surface area (Å²) in [5, 5.41) is 0. The van der Waals surface area contributed by atoms with Crippen LogP contribution in [0.15, 0.2) is 10.6 Å². The van der Waals surface area contributed by atoms with E-state index in [1.165, 1.54) is 32.1 Å². The largest absolute Gasteiger partial charge is 0.453 e. The van der Waals surface area contributed by atoms with E-state index in [9.17, 15) is 4.79 Å². The van der Waals surface area contributed by atoms with Crippen molar-refractivity contribution in [1.82, 2.24) is 0 Å². The van der Waals surface area contributed by atoms with E-state index >= 15 is 0 Å². The highest BCUT2D eigenvalue weighted by atomic mass is 79.9. The van der Waals surface area contributed by atoms with E-state index in [0.717, 1.165) is 4.48 Å². The molecule has 0 bridgehead atoms. The van der Waals surface area contributed by atoms with Gasteiger partial charge in [-0.05, 0) is 12.8 Å². The summed E-state index contributed by atoms with van der Waals surface area (Å²) < 4.78 is 6.17. The minimum atomic E-state index is -0.192. The number of cyclic esters (lactones) is 1. The highest BCUT2D eigenvalue weighted by Gasteiger charge is 2.32. The maximum absolute atomic E-state index is 11.0. The molecule has 1 aliphatic heterocycles. The van der Waals surface area contributed by atoms with Crippen molar-refractivity contribution in [3.05, 3.63) is 10.6 Å². The van der Waals surface area contributed by atoms with Crippen molar-refractivity contribution in [3.63, 3.8) is 0 Å². The van der Waals surface area contributed by atoms with Gasteiger partial charge in [0.05, 0.1) is 0 Å². The van der Waals surface area contributed by atoms with Crippen molar-refractivity contribution in [1.29, 1.82) is 0 Å². The molecule has 1 saturated carbocycles. The molecule has 2 nitrogen and oxygen atoms in total. The Hall–Kier alpha value is -0.310. The van der Waals surface area contributed by atoms with Crippen LogP contribution in [0.3, 0.4) is 0 Å². The molecule has 1 fully saturated rings. The summed E-state index contributed by atoms with van der Waals surface area (Å²) in [4.78, 5) is 11.0. The van der Waals surface area contributed by atoms with Crippen LogP contribution in [0.4, 0.5) is 0 Å². The van der Waals surface area contributed by atoms with Gasteiger partial charge in [-0.15, -0.1) is 0 Å². The van der Waals surface area contributed by atoms with Gasteiger partial charge in [0.1, 0.15) is 6.10 Å². The van der Waals surface area contributed by atoms with Crippen LogP contribution in [0.25, 0.3) is 0 Å². The third-order valence-electron chi connectivity index (χ3n) is 2.85. The molecule has 2 rings (SSSR count). The van der Waals surface area contributed by atoms with Gasteiger partial charge in [0.25, 0.3) is 0 Å². The Kier molecular flexibility index (Phi) is 2.72. The Labute approximate surface area is 86.5 Å². The normalized spacial score (nSPS) is 30.1. The lowest BCUT2D eigenvalue weighted by Gasteiger charge is -2.26. The van der Waals surface area contributed by atoms with Crippen LogP contribution >= 0.6 is 15.9 Å². The van der Waals surface area contributed by atoms with Crippen LogP contribution < -0.4 is 0 Å². The molecule has 72 valence electrons. The van der Waals surface area contributed by atoms with E-state index in [1.54, 1.807) is 6.08 Å². The highest BCUT2D eigenvalue weighted by Crippen LogP contribution is 2.35. The van der Waals surface area contributed by atoms with Crippen molar-refractivity contribution in [2.45, 2.75) is 38.2 Å². The summed E-state index contributed by atoms with van der Waals surface area (Å²) in [5.41, 5.74) is 0. The van der Waals surface area contributed by atoms with Gasteiger partial charge in [-0.1, -0.05) is 35.2 Å². The number of esters is 1. The number of ether oxygens (including phenoxy) is 1. The molecule has 13 heavy (non-hydrogen) atoms. The van der Waals surface area contributed by atoms with Crippen molar-refractivity contribution in [3.8, 4) is 0 Å². The number of carbonyl (C=O) groups excluding carboxylic acids is 1. The quantitative estimate of drug-likeness (QED) is 0.664. The van der Waals surface area contributed by atoms with E-state index in [0.29, 0.717) is 5.92 Å². The molecular weight excluding hydrogens is 232 g/mol. The summed E-state index contributed by atoms with van der Waals surface area (Å²) in [5.74, 6) is 0.355. The average Bonchev–Trinajstić information content (AvgIpc) is 2.47. The fourth-order valence-corrected chi connectivity index (χ4v) is 2.82. The third-order valence-corrected chi connectivity index (χ3v) is 3.53. The molecule has 0 aromatic rings. The first-order valence-electron chi connectivity index (χ1n) is 4.85. The molecule has 1 atom stereocenters. The second-order valence-corrected chi connectivity index (χ2v) is 4.70. The molecule has 0 aromatic carbocycles. The summed E-state index contributed by atoms with van der Waals surface area (Å²) >= 11 is 3.40. The van der Waals surface area contributed by atoms with Gasteiger partial charge < -0.3 is 4.74 Å². The molecule has 0 N–H and O–H groups in total. The molecule has 1 heterocycles. The average molecular weight is 245 g/mol. The standard InChI is InChI=1S/C10H13BrO2/c11-8-6-9(12)13-10(8)7-4-2-1-3-5-7/h6-7,10H,1-5H2. The van der Waals surface area contributed by atoms with Crippen molar-refractivity contribution in [2.24, 2.45) is 5.92 Å². The Balaban J connectivity index is 2.00. The van der Waals surface area contributed by atoms with Crippen molar-refractivity contribution < 1.29 is 9.53 Å². The first kappa shape index (κ1) is 9.25. The zero-order chi connectivity index (χ0) is 9.26. The smallest absolute Gasteiger partial charge is 0.332 e. The lowest BCUT2D eigenvalue weighted by molar-refractivity contribution is -0.140. The molecule has 1 unspecified atom stereocenters. The van der Waals surface area contributed by atoms with E-state index in [1.807, 2.05) is 0 Å². The second kappa shape index (κ2) is 3.82. The van der Waals surface area contributed by atoms with E-state index in [-0.39, 0.29) is 12.1 Å². The van der Waals surface area contributed by atoms with Gasteiger partial charge in [-0.3, -0.25) is 0 Å². The SMILES string of the molecule is O=C1C=C(Br)C(C2CCCCC2)O1. The Bertz CT molecular complexity index is 241. The van der Waals surface area contributed by atoms with Crippen LogP contribution in [0, 0.1) is 5.92 Å². The Morgan fingerprint density at radius 1 is 1.31 bits per heavy atom. The molecular formula is C10H13BrO2. The van der Waals surface area contributed by atoms with Gasteiger partial charge in [0.2, 0.25) is 0 Å². The fraction of sp³-hybridized carbons (Fsp3) is 0.700. The van der Waals surface area contributed by atoms with Crippen LogP contribution in [0.5, 0.6) is 0 Å². The highest BCUT2D eigenvalue weighted by molar-refractivity contribution is 9.11. The predicted octanol–water partition coefficient (Wildman–Crippen LogP) is 2.77. The van der Waals surface area contributed by atoms with Gasteiger partial charge in [0.15, 0.2) is 0 Å². The summed E-state index contributed by atoms with van der Waals surface area (Å²) in [7, 11) is 0.